The van der Waals surface area contributed by atoms with Gasteiger partial charge in [0.25, 0.3) is 5.91 Å². The zero-order chi connectivity index (χ0) is 19.5. The lowest BCUT2D eigenvalue weighted by Crippen LogP contribution is -2.46. The van der Waals surface area contributed by atoms with Crippen molar-refractivity contribution in [3.05, 3.63) is 18.0 Å². The van der Waals surface area contributed by atoms with Crippen molar-refractivity contribution in [3.63, 3.8) is 0 Å². The van der Waals surface area contributed by atoms with Gasteiger partial charge in [-0.05, 0) is 50.5 Å². The van der Waals surface area contributed by atoms with E-state index < -0.39 is 0 Å². The average Bonchev–Trinajstić information content (AvgIpc) is 3.41. The summed E-state index contributed by atoms with van der Waals surface area (Å²) in [6, 6.07) is 2.06. The molecule has 1 saturated carbocycles. The van der Waals surface area contributed by atoms with Gasteiger partial charge in [0.2, 0.25) is 12.3 Å². The van der Waals surface area contributed by atoms with Crippen LogP contribution in [-0.4, -0.2) is 58.8 Å². The first-order valence-corrected chi connectivity index (χ1v) is 10.6. The highest BCUT2D eigenvalue weighted by Gasteiger charge is 2.30. The molecule has 28 heavy (non-hydrogen) atoms. The van der Waals surface area contributed by atoms with Crippen LogP contribution in [0.4, 0.5) is 0 Å². The molecule has 0 aromatic carbocycles. The first-order valence-electron chi connectivity index (χ1n) is 10.6. The predicted molar refractivity (Wildman–Crippen MR) is 103 cm³/mol. The Morgan fingerprint density at radius 3 is 2.61 bits per heavy atom. The quantitative estimate of drug-likeness (QED) is 0.815. The summed E-state index contributed by atoms with van der Waals surface area (Å²) in [5.41, 5.74) is 0.427. The Morgan fingerprint density at radius 1 is 1.18 bits per heavy atom. The number of rotatable bonds is 4. The Morgan fingerprint density at radius 2 is 1.93 bits per heavy atom. The van der Waals surface area contributed by atoms with Crippen molar-refractivity contribution in [1.29, 1.82) is 0 Å². The minimum absolute atomic E-state index is 0.0112. The fourth-order valence-corrected chi connectivity index (χ4v) is 4.39. The molecule has 154 valence electrons. The van der Waals surface area contributed by atoms with Gasteiger partial charge in [0.15, 0.2) is 5.69 Å². The Labute approximate surface area is 166 Å². The lowest BCUT2D eigenvalue weighted by molar-refractivity contribution is -0.127. The van der Waals surface area contributed by atoms with Crippen molar-refractivity contribution >= 4 is 11.8 Å². The topological polar surface area (TPSA) is 88.5 Å². The van der Waals surface area contributed by atoms with E-state index in [9.17, 15) is 9.59 Å². The fourth-order valence-electron chi connectivity index (χ4n) is 4.39. The number of hydrogen-bond donors (Lipinski definition) is 2. The van der Waals surface area contributed by atoms with E-state index in [0.29, 0.717) is 44.3 Å². The van der Waals surface area contributed by atoms with Crippen LogP contribution in [0, 0.1) is 11.8 Å². The third-order valence-electron chi connectivity index (χ3n) is 6.28. The average molecular weight is 390 g/mol. The normalized spacial score (nSPS) is 29.0. The van der Waals surface area contributed by atoms with Crippen molar-refractivity contribution in [2.45, 2.75) is 57.8 Å². The molecule has 0 radical (unpaired) electrons. The summed E-state index contributed by atoms with van der Waals surface area (Å²) >= 11 is 0. The van der Waals surface area contributed by atoms with E-state index in [1.807, 2.05) is 4.90 Å². The summed E-state index contributed by atoms with van der Waals surface area (Å²) in [4.78, 5) is 27.1. The van der Waals surface area contributed by atoms with Gasteiger partial charge >= 0.3 is 0 Å². The molecule has 2 N–H and O–H groups in total. The second-order valence-electron chi connectivity index (χ2n) is 8.39. The molecule has 0 bridgehead atoms. The monoisotopic (exact) mass is 389 g/mol. The molecule has 3 aliphatic rings. The zero-order valence-corrected chi connectivity index (χ0v) is 16.6. The van der Waals surface area contributed by atoms with Crippen LogP contribution >= 0.6 is 0 Å². The van der Waals surface area contributed by atoms with Crippen molar-refractivity contribution in [3.8, 4) is 0 Å². The van der Waals surface area contributed by atoms with E-state index in [0.717, 1.165) is 25.3 Å². The molecule has 1 aliphatic carbocycles. The molecule has 3 fully saturated rings. The van der Waals surface area contributed by atoms with E-state index in [2.05, 4.69) is 22.7 Å². The smallest absolute Gasteiger partial charge is 0.274 e. The highest BCUT2D eigenvalue weighted by molar-refractivity contribution is 5.92. The minimum Gasteiger partial charge on any atom is -0.353 e. The van der Waals surface area contributed by atoms with Gasteiger partial charge in [-0.3, -0.25) is 14.9 Å². The number of likely N-dealkylation sites (tertiary alicyclic amines) is 1. The molecule has 2 saturated heterocycles. The largest absolute Gasteiger partial charge is 0.353 e. The first kappa shape index (κ1) is 19.4. The number of ether oxygens (including phenoxy) is 1. The first-order chi connectivity index (χ1) is 13.6. The maximum absolute atomic E-state index is 12.7. The summed E-state index contributed by atoms with van der Waals surface area (Å²) < 4.78 is 7.15. The summed E-state index contributed by atoms with van der Waals surface area (Å²) in [6.07, 6.45) is 7.49. The summed E-state index contributed by atoms with van der Waals surface area (Å²) in [5.74, 6) is 0.885. The van der Waals surface area contributed by atoms with E-state index in [1.54, 1.807) is 16.9 Å². The molecule has 8 nitrogen and oxygen atoms in total. The van der Waals surface area contributed by atoms with Crippen molar-refractivity contribution in [2.75, 3.05) is 26.2 Å². The number of hydrogen-bond acceptors (Lipinski definition) is 5. The van der Waals surface area contributed by atoms with Crippen LogP contribution < -0.4 is 10.6 Å². The van der Waals surface area contributed by atoms with Gasteiger partial charge in [0.1, 0.15) is 0 Å². The number of nitrogens with one attached hydrogen (secondary N) is 2. The lowest BCUT2D eigenvalue weighted by Gasteiger charge is -2.33. The molecule has 2 aliphatic heterocycles. The minimum atomic E-state index is -0.293. The van der Waals surface area contributed by atoms with Gasteiger partial charge in [0, 0.05) is 37.8 Å². The predicted octanol–water partition coefficient (Wildman–Crippen LogP) is 1.51. The van der Waals surface area contributed by atoms with Crippen LogP contribution in [0.15, 0.2) is 12.3 Å². The number of aromatic nitrogens is 2. The number of nitrogens with zero attached hydrogens (tertiary/aromatic N) is 3. The Balaban J connectivity index is 1.25. The number of piperidine rings is 1. The molecule has 0 spiro atoms. The van der Waals surface area contributed by atoms with Gasteiger partial charge in [-0.1, -0.05) is 6.92 Å². The van der Waals surface area contributed by atoms with Crippen LogP contribution in [0.2, 0.25) is 0 Å². The Kier molecular flexibility index (Phi) is 5.96. The second kappa shape index (κ2) is 8.61. The van der Waals surface area contributed by atoms with Gasteiger partial charge in [-0.2, -0.15) is 5.10 Å². The fraction of sp³-hybridized carbons (Fsp3) is 0.750. The molecule has 1 unspecified atom stereocenters. The lowest BCUT2D eigenvalue weighted by atomic mass is 9.86. The molecular formula is C20H31N5O3. The van der Waals surface area contributed by atoms with E-state index in [-0.39, 0.29) is 24.1 Å². The SMILES string of the molecule is CC1CCC(NC(=O)C2CCN(C(=O)c3ccn(C4NCCO4)n3)CC2)CC1. The molecule has 1 aromatic rings. The third kappa shape index (κ3) is 4.38. The van der Waals surface area contributed by atoms with Crippen LogP contribution in [-0.2, 0) is 9.53 Å². The van der Waals surface area contributed by atoms with E-state index in [1.165, 1.54) is 12.8 Å². The van der Waals surface area contributed by atoms with Crippen LogP contribution in [0.25, 0.3) is 0 Å². The molecule has 2 amide bonds. The summed E-state index contributed by atoms with van der Waals surface area (Å²) in [6.45, 7) is 4.91. The van der Waals surface area contributed by atoms with E-state index in [4.69, 9.17) is 4.74 Å². The zero-order valence-electron chi connectivity index (χ0n) is 16.6. The molecule has 1 atom stereocenters. The highest BCUT2D eigenvalue weighted by Crippen LogP contribution is 2.25. The summed E-state index contributed by atoms with van der Waals surface area (Å²) in [5, 5.41) is 10.8. The van der Waals surface area contributed by atoms with Crippen molar-refractivity contribution < 1.29 is 14.3 Å². The Hall–Kier alpha value is -1.93. The van der Waals surface area contributed by atoms with Crippen molar-refractivity contribution in [1.82, 2.24) is 25.3 Å². The number of amides is 2. The number of carbonyl (C=O) groups is 2. The van der Waals surface area contributed by atoms with Crippen LogP contribution in [0.3, 0.4) is 0 Å². The van der Waals surface area contributed by atoms with Crippen LogP contribution in [0.5, 0.6) is 0 Å². The van der Waals surface area contributed by atoms with Gasteiger partial charge in [0.05, 0.1) is 6.61 Å². The number of carbonyl (C=O) groups excluding carboxylic acids is 2. The molecular weight excluding hydrogens is 358 g/mol. The van der Waals surface area contributed by atoms with E-state index >= 15 is 0 Å². The van der Waals surface area contributed by atoms with Crippen LogP contribution in [0.1, 0.15) is 62.3 Å². The third-order valence-corrected chi connectivity index (χ3v) is 6.28. The van der Waals surface area contributed by atoms with Crippen molar-refractivity contribution in [2.24, 2.45) is 11.8 Å². The maximum Gasteiger partial charge on any atom is 0.274 e. The molecule has 1 aromatic heterocycles. The maximum atomic E-state index is 12.7. The summed E-state index contributed by atoms with van der Waals surface area (Å²) in [7, 11) is 0. The Bertz CT molecular complexity index is 684. The second-order valence-corrected chi connectivity index (χ2v) is 8.39. The molecule has 4 rings (SSSR count). The molecule has 8 heteroatoms. The molecule has 3 heterocycles. The standard InChI is InChI=1S/C20H31N5O3/c1-14-2-4-16(5-3-14)22-18(26)15-6-10-24(11-7-15)19(27)17-8-12-25(23-17)20-21-9-13-28-20/h8,12,14-16,20-21H,2-7,9-11,13H2,1H3,(H,22,26). The van der Waals surface area contributed by atoms with Gasteiger partial charge < -0.3 is 15.0 Å². The van der Waals surface area contributed by atoms with Gasteiger partial charge in [-0.25, -0.2) is 4.68 Å². The highest BCUT2D eigenvalue weighted by atomic mass is 16.5. The van der Waals surface area contributed by atoms with Gasteiger partial charge in [-0.15, -0.1) is 0 Å².